The fraction of sp³-hybridized carbons (Fsp3) is 0. The monoisotopic (exact) mass is 448 g/mol. The molecule has 0 aliphatic heterocycles. The standard InChI is InChI=1S/C19H11Cl3N4OS/c20-9-2-1-3-11(6-9)24-17(27)15-8-13-16(25-19(23)26-18(13)28-15)12-5-4-10(21)7-14(12)22/h1-8H,(H,24,27)(H2,23,25,26). The van der Waals surface area contributed by atoms with Crippen molar-refractivity contribution in [3.05, 3.63) is 68.5 Å². The minimum Gasteiger partial charge on any atom is -0.368 e. The Hall–Kier alpha value is -2.38. The lowest BCUT2D eigenvalue weighted by molar-refractivity contribution is 0.103. The summed E-state index contributed by atoms with van der Waals surface area (Å²) in [6, 6.07) is 13.7. The molecule has 0 fully saturated rings. The first-order valence-corrected chi connectivity index (χ1v) is 9.95. The third kappa shape index (κ3) is 3.77. The third-order valence-corrected chi connectivity index (χ3v) is 5.71. The summed E-state index contributed by atoms with van der Waals surface area (Å²) >= 11 is 19.5. The molecule has 5 nitrogen and oxygen atoms in total. The summed E-state index contributed by atoms with van der Waals surface area (Å²) in [4.78, 5) is 22.3. The van der Waals surface area contributed by atoms with Gasteiger partial charge in [-0.2, -0.15) is 0 Å². The van der Waals surface area contributed by atoms with E-state index in [0.717, 1.165) is 0 Å². The molecule has 0 unspecified atom stereocenters. The summed E-state index contributed by atoms with van der Waals surface area (Å²) in [7, 11) is 0. The molecular formula is C19H11Cl3N4OS. The Morgan fingerprint density at radius 3 is 2.54 bits per heavy atom. The first kappa shape index (κ1) is 19.0. The van der Waals surface area contributed by atoms with Gasteiger partial charge in [-0.15, -0.1) is 11.3 Å². The molecule has 3 N–H and O–H groups in total. The van der Waals surface area contributed by atoms with Crippen LogP contribution in [0.25, 0.3) is 21.5 Å². The van der Waals surface area contributed by atoms with Crippen LogP contribution in [0.3, 0.4) is 0 Å². The molecule has 0 aliphatic rings. The molecule has 2 heterocycles. The highest BCUT2D eigenvalue weighted by Crippen LogP contribution is 2.37. The van der Waals surface area contributed by atoms with E-state index in [1.54, 1.807) is 48.5 Å². The Labute approximate surface area is 179 Å². The number of hydrogen-bond acceptors (Lipinski definition) is 5. The number of nitrogens with one attached hydrogen (secondary N) is 1. The first-order valence-electron chi connectivity index (χ1n) is 8.00. The molecule has 1 amide bonds. The van der Waals surface area contributed by atoms with Crippen molar-refractivity contribution in [2.45, 2.75) is 0 Å². The van der Waals surface area contributed by atoms with Gasteiger partial charge < -0.3 is 11.1 Å². The Balaban J connectivity index is 1.77. The summed E-state index contributed by atoms with van der Waals surface area (Å²) in [6.45, 7) is 0. The molecule has 0 saturated heterocycles. The molecule has 0 aliphatic carbocycles. The van der Waals surface area contributed by atoms with Crippen molar-refractivity contribution in [3.63, 3.8) is 0 Å². The highest BCUT2D eigenvalue weighted by atomic mass is 35.5. The lowest BCUT2D eigenvalue weighted by atomic mass is 10.1. The van der Waals surface area contributed by atoms with Crippen molar-refractivity contribution in [1.29, 1.82) is 0 Å². The maximum Gasteiger partial charge on any atom is 0.265 e. The van der Waals surface area contributed by atoms with Crippen LogP contribution in [0.5, 0.6) is 0 Å². The van der Waals surface area contributed by atoms with Crippen LogP contribution in [-0.4, -0.2) is 15.9 Å². The summed E-state index contributed by atoms with van der Waals surface area (Å²) < 4.78 is 0. The van der Waals surface area contributed by atoms with Crippen LogP contribution >= 0.6 is 46.1 Å². The van der Waals surface area contributed by atoms with Crippen molar-refractivity contribution in [2.75, 3.05) is 11.1 Å². The number of benzene rings is 2. The van der Waals surface area contributed by atoms with E-state index >= 15 is 0 Å². The number of carbonyl (C=O) groups is 1. The van der Waals surface area contributed by atoms with Gasteiger partial charge in [-0.1, -0.05) is 40.9 Å². The number of nitrogens with two attached hydrogens (primary N) is 1. The molecule has 4 aromatic rings. The molecule has 0 bridgehead atoms. The lowest BCUT2D eigenvalue weighted by Crippen LogP contribution is -2.09. The number of hydrogen-bond donors (Lipinski definition) is 2. The topological polar surface area (TPSA) is 80.9 Å². The Kier molecular flexibility index (Phi) is 5.12. The number of nitrogen functional groups attached to an aromatic ring is 1. The van der Waals surface area contributed by atoms with Crippen molar-refractivity contribution in [2.24, 2.45) is 0 Å². The molecule has 140 valence electrons. The number of halogens is 3. The number of fused-ring (bicyclic) bond motifs is 1. The number of nitrogens with zero attached hydrogens (tertiary/aromatic N) is 2. The van der Waals surface area contributed by atoms with Gasteiger partial charge in [0.25, 0.3) is 5.91 Å². The van der Waals surface area contributed by atoms with E-state index in [4.69, 9.17) is 40.5 Å². The molecule has 28 heavy (non-hydrogen) atoms. The van der Waals surface area contributed by atoms with E-state index in [1.807, 2.05) is 0 Å². The maximum absolute atomic E-state index is 12.7. The molecule has 0 spiro atoms. The summed E-state index contributed by atoms with van der Waals surface area (Å²) in [5.41, 5.74) is 7.67. The van der Waals surface area contributed by atoms with E-state index in [0.29, 0.717) is 47.1 Å². The van der Waals surface area contributed by atoms with Gasteiger partial charge in [0, 0.05) is 26.7 Å². The average Bonchev–Trinajstić information content (AvgIpc) is 3.05. The second-order valence-corrected chi connectivity index (χ2v) is 8.16. The minimum absolute atomic E-state index is 0.0946. The minimum atomic E-state index is -0.281. The predicted molar refractivity (Wildman–Crippen MR) is 117 cm³/mol. The van der Waals surface area contributed by atoms with E-state index in [2.05, 4.69) is 15.3 Å². The van der Waals surface area contributed by atoms with Gasteiger partial charge in [-0.25, -0.2) is 9.97 Å². The number of thiophene rings is 1. The molecule has 2 aromatic heterocycles. The smallest absolute Gasteiger partial charge is 0.265 e. The number of aromatic nitrogens is 2. The highest BCUT2D eigenvalue weighted by molar-refractivity contribution is 7.20. The highest BCUT2D eigenvalue weighted by Gasteiger charge is 2.18. The fourth-order valence-corrected chi connectivity index (χ4v) is 4.32. The van der Waals surface area contributed by atoms with Gasteiger partial charge in [0.1, 0.15) is 4.83 Å². The van der Waals surface area contributed by atoms with Crippen LogP contribution in [0, 0.1) is 0 Å². The van der Waals surface area contributed by atoms with E-state index in [-0.39, 0.29) is 11.9 Å². The van der Waals surface area contributed by atoms with Crippen molar-refractivity contribution >= 4 is 73.9 Å². The van der Waals surface area contributed by atoms with Gasteiger partial charge in [0.15, 0.2) is 0 Å². The fourth-order valence-electron chi connectivity index (χ4n) is 2.70. The van der Waals surface area contributed by atoms with Crippen molar-refractivity contribution in [1.82, 2.24) is 9.97 Å². The molecule has 2 aromatic carbocycles. The average molecular weight is 450 g/mol. The van der Waals surface area contributed by atoms with Crippen LogP contribution in [0.15, 0.2) is 48.5 Å². The van der Waals surface area contributed by atoms with Gasteiger partial charge >= 0.3 is 0 Å². The number of carbonyl (C=O) groups excluding carboxylic acids is 1. The predicted octanol–water partition coefficient (Wildman–Crippen LogP) is 6.15. The van der Waals surface area contributed by atoms with Gasteiger partial charge in [0.05, 0.1) is 15.6 Å². The van der Waals surface area contributed by atoms with Crippen LogP contribution < -0.4 is 11.1 Å². The van der Waals surface area contributed by atoms with Crippen LogP contribution in [0.4, 0.5) is 11.6 Å². The van der Waals surface area contributed by atoms with E-state index < -0.39 is 0 Å². The van der Waals surface area contributed by atoms with Gasteiger partial charge in [-0.3, -0.25) is 4.79 Å². The Morgan fingerprint density at radius 2 is 1.79 bits per heavy atom. The number of rotatable bonds is 3. The summed E-state index contributed by atoms with van der Waals surface area (Å²) in [6.07, 6.45) is 0. The quantitative estimate of drug-likeness (QED) is 0.393. The molecule has 4 rings (SSSR count). The van der Waals surface area contributed by atoms with Crippen molar-refractivity contribution < 1.29 is 4.79 Å². The molecule has 9 heteroatoms. The Bertz CT molecular complexity index is 1230. The largest absolute Gasteiger partial charge is 0.368 e. The zero-order valence-electron chi connectivity index (χ0n) is 14.0. The van der Waals surface area contributed by atoms with Crippen molar-refractivity contribution in [3.8, 4) is 11.3 Å². The van der Waals surface area contributed by atoms with E-state index in [9.17, 15) is 4.79 Å². The molecule has 0 saturated carbocycles. The zero-order valence-corrected chi connectivity index (χ0v) is 17.1. The number of amides is 1. The second kappa shape index (κ2) is 7.56. The van der Waals surface area contributed by atoms with Crippen LogP contribution in [0.2, 0.25) is 15.1 Å². The summed E-state index contributed by atoms with van der Waals surface area (Å²) in [5.74, 6) is -0.186. The molecular weight excluding hydrogens is 439 g/mol. The zero-order chi connectivity index (χ0) is 19.8. The third-order valence-electron chi connectivity index (χ3n) is 3.90. The molecule has 0 radical (unpaired) electrons. The lowest BCUT2D eigenvalue weighted by Gasteiger charge is -2.06. The molecule has 0 atom stereocenters. The van der Waals surface area contributed by atoms with Crippen LogP contribution in [0.1, 0.15) is 9.67 Å². The maximum atomic E-state index is 12.7. The second-order valence-electron chi connectivity index (χ2n) is 5.85. The SMILES string of the molecule is Nc1nc(-c2ccc(Cl)cc2Cl)c2cc(C(=O)Nc3cccc(Cl)c3)sc2n1. The van der Waals surface area contributed by atoms with Gasteiger partial charge in [-0.05, 0) is 42.5 Å². The Morgan fingerprint density at radius 1 is 1.00 bits per heavy atom. The summed E-state index contributed by atoms with van der Waals surface area (Å²) in [5, 5.41) is 4.98. The van der Waals surface area contributed by atoms with E-state index in [1.165, 1.54) is 11.3 Å². The number of anilines is 2. The van der Waals surface area contributed by atoms with Gasteiger partial charge in [0.2, 0.25) is 5.95 Å². The van der Waals surface area contributed by atoms with Crippen LogP contribution in [-0.2, 0) is 0 Å². The first-order chi connectivity index (χ1) is 13.4. The normalized spacial score (nSPS) is 11.0.